The fraction of sp³-hybridized carbons (Fsp3) is 0.609. The molecule has 0 N–H and O–H groups in total. The van der Waals surface area contributed by atoms with Crippen molar-refractivity contribution in [2.75, 3.05) is 31.2 Å². The van der Waals surface area contributed by atoms with Crippen molar-refractivity contribution in [3.63, 3.8) is 0 Å². The van der Waals surface area contributed by atoms with Gasteiger partial charge in [0.25, 0.3) is 0 Å². The molecule has 1 amide bonds. The van der Waals surface area contributed by atoms with Gasteiger partial charge in [-0.3, -0.25) is 14.5 Å². The number of pyridine rings is 1. The van der Waals surface area contributed by atoms with Gasteiger partial charge in [0, 0.05) is 56.6 Å². The Morgan fingerprint density at radius 1 is 1.18 bits per heavy atom. The number of nitrogens with zero attached hydrogens (tertiary/aromatic N) is 5. The summed E-state index contributed by atoms with van der Waals surface area (Å²) >= 11 is 0. The van der Waals surface area contributed by atoms with E-state index in [0.29, 0.717) is 62.9 Å². The topological polar surface area (TPSA) is 63.5 Å². The molecule has 0 spiro atoms. The Balaban J connectivity index is 1.63. The molecule has 1 fully saturated rings. The van der Waals surface area contributed by atoms with E-state index in [2.05, 4.69) is 9.67 Å². The van der Waals surface area contributed by atoms with Crippen molar-refractivity contribution >= 4 is 17.4 Å². The molecule has 2 aromatic heterocycles. The molecule has 3 aliphatic rings. The van der Waals surface area contributed by atoms with Crippen LogP contribution in [-0.2, 0) is 35.1 Å². The van der Waals surface area contributed by atoms with Gasteiger partial charge in [0.1, 0.15) is 0 Å². The summed E-state index contributed by atoms with van der Waals surface area (Å²) in [5.74, 6) is 0.642. The molecule has 0 atom stereocenters. The predicted octanol–water partition coefficient (Wildman–Crippen LogP) is 3.95. The third-order valence-electron chi connectivity index (χ3n) is 6.96. The molecule has 2 aromatic rings. The van der Waals surface area contributed by atoms with Gasteiger partial charge in [-0.05, 0) is 38.7 Å². The number of halogens is 3. The smallest absolute Gasteiger partial charge is 0.381 e. The number of amides is 1. The molecule has 0 unspecified atom stereocenters. The minimum absolute atomic E-state index is 0.000573. The van der Waals surface area contributed by atoms with Crippen LogP contribution in [0.25, 0.3) is 0 Å². The minimum Gasteiger partial charge on any atom is -0.381 e. The van der Waals surface area contributed by atoms with Crippen LogP contribution >= 0.6 is 0 Å². The Morgan fingerprint density at radius 3 is 2.64 bits per heavy atom. The summed E-state index contributed by atoms with van der Waals surface area (Å²) in [5.41, 5.74) is 2.44. The highest BCUT2D eigenvalue weighted by molar-refractivity contribution is 5.75. The molecule has 178 valence electrons. The molecule has 33 heavy (non-hydrogen) atoms. The highest BCUT2D eigenvalue weighted by Crippen LogP contribution is 2.42. The van der Waals surface area contributed by atoms with Gasteiger partial charge in [-0.25, -0.2) is 0 Å². The van der Waals surface area contributed by atoms with Crippen LogP contribution in [0.15, 0.2) is 6.07 Å². The predicted molar refractivity (Wildman–Crippen MR) is 115 cm³/mol. The van der Waals surface area contributed by atoms with Crippen molar-refractivity contribution in [3.05, 3.63) is 34.3 Å². The number of carbonyl (C=O) groups is 1. The lowest BCUT2D eigenvalue weighted by Crippen LogP contribution is -2.36. The lowest BCUT2D eigenvalue weighted by Gasteiger charge is -2.32. The molecule has 10 heteroatoms. The van der Waals surface area contributed by atoms with Gasteiger partial charge >= 0.3 is 6.18 Å². The quantitative estimate of drug-likeness (QED) is 0.675. The number of hydrogen-bond acceptors (Lipinski definition) is 5. The van der Waals surface area contributed by atoms with E-state index in [1.807, 2.05) is 4.90 Å². The molecule has 7 nitrogen and oxygen atoms in total. The van der Waals surface area contributed by atoms with Crippen molar-refractivity contribution in [2.45, 2.75) is 64.7 Å². The van der Waals surface area contributed by atoms with Crippen LogP contribution in [0.1, 0.15) is 60.4 Å². The summed E-state index contributed by atoms with van der Waals surface area (Å²) < 4.78 is 48.6. The lowest BCUT2D eigenvalue weighted by atomic mass is 10.0. The van der Waals surface area contributed by atoms with Gasteiger partial charge in [-0.15, -0.1) is 0 Å². The van der Waals surface area contributed by atoms with Crippen LogP contribution in [0, 0.1) is 6.92 Å². The number of hydrogen-bond donors (Lipinski definition) is 0. The second kappa shape index (κ2) is 8.30. The van der Waals surface area contributed by atoms with Crippen LogP contribution in [0.2, 0.25) is 0 Å². The van der Waals surface area contributed by atoms with Gasteiger partial charge in [0.2, 0.25) is 5.91 Å². The van der Waals surface area contributed by atoms with E-state index in [4.69, 9.17) is 9.84 Å². The number of alkyl halides is 3. The molecule has 3 aliphatic heterocycles. The minimum atomic E-state index is -4.47. The van der Waals surface area contributed by atoms with E-state index in [1.54, 1.807) is 11.8 Å². The highest BCUT2D eigenvalue weighted by Gasteiger charge is 2.37. The van der Waals surface area contributed by atoms with E-state index in [-0.39, 0.29) is 17.6 Å². The van der Waals surface area contributed by atoms with Crippen LogP contribution in [0.3, 0.4) is 0 Å². The molecule has 0 bridgehead atoms. The average molecular weight is 464 g/mol. The molecule has 0 saturated carbocycles. The first-order chi connectivity index (χ1) is 15.7. The van der Waals surface area contributed by atoms with Crippen LogP contribution in [0.4, 0.5) is 24.7 Å². The van der Waals surface area contributed by atoms with E-state index in [0.717, 1.165) is 30.5 Å². The number of carbonyl (C=O) groups excluding carboxylic acids is 1. The summed E-state index contributed by atoms with van der Waals surface area (Å²) in [7, 11) is 0. The Bertz CT molecular complexity index is 1080. The van der Waals surface area contributed by atoms with Crippen LogP contribution in [-0.4, -0.2) is 51.9 Å². The fourth-order valence-corrected chi connectivity index (χ4v) is 5.24. The van der Waals surface area contributed by atoms with Crippen molar-refractivity contribution in [2.24, 2.45) is 0 Å². The molecule has 0 aliphatic carbocycles. The van der Waals surface area contributed by atoms with E-state index in [9.17, 15) is 18.0 Å². The zero-order chi connectivity index (χ0) is 23.3. The number of anilines is 2. The zero-order valence-corrected chi connectivity index (χ0v) is 18.9. The average Bonchev–Trinajstić information content (AvgIpc) is 3.16. The lowest BCUT2D eigenvalue weighted by molar-refractivity contribution is -0.138. The SMILES string of the molecule is CC(=O)N1CCc2c(c(N3CCCc4nc(C)c(C(F)(F)F)cc43)nn2C2CCOCC2)C1. The third kappa shape index (κ3) is 3.98. The van der Waals surface area contributed by atoms with Crippen molar-refractivity contribution in [1.82, 2.24) is 19.7 Å². The van der Waals surface area contributed by atoms with E-state index < -0.39 is 11.7 Å². The standard InChI is InChI=1S/C23H28F3N5O2/c1-14-18(23(24,25)26)12-21-19(27-14)4-3-8-30(21)22-17-13-29(15(2)32)9-5-20(17)31(28-22)16-6-10-33-11-7-16/h12,16H,3-11,13H2,1-2H3. The summed E-state index contributed by atoms with van der Waals surface area (Å²) in [5, 5.41) is 4.99. The normalized spacial score (nSPS) is 19.4. The fourth-order valence-electron chi connectivity index (χ4n) is 5.24. The third-order valence-corrected chi connectivity index (χ3v) is 6.96. The van der Waals surface area contributed by atoms with Gasteiger partial charge < -0.3 is 14.5 Å². The van der Waals surface area contributed by atoms with Gasteiger partial charge in [-0.2, -0.15) is 18.3 Å². The largest absolute Gasteiger partial charge is 0.418 e. The van der Waals surface area contributed by atoms with E-state index >= 15 is 0 Å². The van der Waals surface area contributed by atoms with Crippen molar-refractivity contribution in [1.29, 1.82) is 0 Å². The summed E-state index contributed by atoms with van der Waals surface area (Å²) in [4.78, 5) is 20.1. The molecular formula is C23H28F3N5O2. The maximum Gasteiger partial charge on any atom is 0.418 e. The summed E-state index contributed by atoms with van der Waals surface area (Å²) in [6.07, 6.45) is -0.687. The maximum absolute atomic E-state index is 13.7. The van der Waals surface area contributed by atoms with Crippen molar-refractivity contribution < 1.29 is 22.7 Å². The van der Waals surface area contributed by atoms with Crippen LogP contribution in [0.5, 0.6) is 0 Å². The maximum atomic E-state index is 13.7. The van der Waals surface area contributed by atoms with Gasteiger partial charge in [0.05, 0.1) is 29.5 Å². The van der Waals surface area contributed by atoms with E-state index in [1.165, 1.54) is 13.0 Å². The Morgan fingerprint density at radius 2 is 1.94 bits per heavy atom. The zero-order valence-electron chi connectivity index (χ0n) is 18.9. The molecule has 5 rings (SSSR count). The number of aryl methyl sites for hydroxylation is 2. The second-order valence-corrected chi connectivity index (χ2v) is 9.07. The molecular weight excluding hydrogens is 435 g/mol. The first-order valence-electron chi connectivity index (χ1n) is 11.5. The Labute approximate surface area is 190 Å². The Kier molecular flexibility index (Phi) is 5.58. The highest BCUT2D eigenvalue weighted by atomic mass is 19.4. The van der Waals surface area contributed by atoms with Gasteiger partial charge in [-0.1, -0.05) is 0 Å². The summed E-state index contributed by atoms with van der Waals surface area (Å²) in [6, 6.07) is 1.42. The molecule has 0 aromatic carbocycles. The van der Waals surface area contributed by atoms with Crippen molar-refractivity contribution in [3.8, 4) is 0 Å². The first kappa shape index (κ1) is 22.2. The first-order valence-corrected chi connectivity index (χ1v) is 11.5. The number of ether oxygens (including phenoxy) is 1. The molecule has 1 saturated heterocycles. The van der Waals surface area contributed by atoms with Gasteiger partial charge in [0.15, 0.2) is 5.82 Å². The molecule has 5 heterocycles. The second-order valence-electron chi connectivity index (χ2n) is 9.07. The molecule has 0 radical (unpaired) electrons. The number of fused-ring (bicyclic) bond motifs is 2. The van der Waals surface area contributed by atoms with Crippen LogP contribution < -0.4 is 4.90 Å². The number of aromatic nitrogens is 3. The number of rotatable bonds is 2. The Hall–Kier alpha value is -2.62. The summed E-state index contributed by atoms with van der Waals surface area (Å²) in [6.45, 7) is 5.89. The monoisotopic (exact) mass is 463 g/mol.